The van der Waals surface area contributed by atoms with Crippen LogP contribution in [0.4, 0.5) is 11.6 Å². The minimum atomic E-state index is -5.65. The first-order valence-corrected chi connectivity index (χ1v) is 45.0. The van der Waals surface area contributed by atoms with Crippen LogP contribution in [0.1, 0.15) is 128 Å². The van der Waals surface area contributed by atoms with E-state index >= 15 is 0 Å². The number of Topliss-reactive ketones (excluding diaryl/α,β-unsaturated/α-hetero) is 2. The molecule has 1 aromatic carbocycles. The van der Waals surface area contributed by atoms with Crippen LogP contribution in [0, 0.1) is 21.7 Å². The van der Waals surface area contributed by atoms with Crippen molar-refractivity contribution in [1.29, 1.82) is 0 Å². The van der Waals surface area contributed by atoms with Gasteiger partial charge >= 0.3 is 46.9 Å². The molecule has 4 amide bonds. The van der Waals surface area contributed by atoms with Crippen LogP contribution in [0.25, 0.3) is 22.3 Å². The number of aryl methyl sites for hydroxylation is 2. The molecule has 9 rings (SSSR count). The first-order valence-electron chi connectivity index (χ1n) is 36.0. The minimum absolute atomic E-state index is 0.00234. The van der Waals surface area contributed by atoms with Gasteiger partial charge in [-0.05, 0) is 75.3 Å². The highest BCUT2D eigenvalue weighted by molar-refractivity contribution is 7.61. The van der Waals surface area contributed by atoms with Gasteiger partial charge in [-0.1, -0.05) is 52.0 Å². The molecule has 4 aromatic heterocycles. The molecular weight excluding hydrogens is 1670 g/mol. The molecule has 6 heterocycles. The van der Waals surface area contributed by atoms with E-state index in [1.165, 1.54) is 27.7 Å². The highest BCUT2D eigenvalue weighted by atomic mass is 31.3. The van der Waals surface area contributed by atoms with E-state index in [2.05, 4.69) is 74.9 Å². The van der Waals surface area contributed by atoms with Gasteiger partial charge in [0.15, 0.2) is 35.4 Å². The van der Waals surface area contributed by atoms with Crippen molar-refractivity contribution < 1.29 is 161 Å². The van der Waals surface area contributed by atoms with Gasteiger partial charge in [-0.25, -0.2) is 57.3 Å². The van der Waals surface area contributed by atoms with Crippen LogP contribution in [0.2, 0.25) is 0 Å². The highest BCUT2D eigenvalue weighted by Crippen LogP contribution is 2.63. The van der Waals surface area contributed by atoms with E-state index in [1.807, 2.05) is 18.2 Å². The molecule has 2 saturated carbocycles. The Morgan fingerprint density at radius 2 is 0.888 bits per heavy atom. The number of nitrogens with zero attached hydrogens (tertiary/aromatic N) is 8. The lowest BCUT2D eigenvalue weighted by Crippen LogP contribution is -2.46. The third-order valence-corrected chi connectivity index (χ3v) is 25.8. The summed E-state index contributed by atoms with van der Waals surface area (Å²) < 4.78 is 126. The number of nitrogens with one attached hydrogen (secondary N) is 4. The van der Waals surface area contributed by atoms with Gasteiger partial charge in [-0.3, -0.25) is 65.0 Å². The molecule has 646 valence electrons. The number of carbonyl (C=O) groups excluding carboxylic acids is 6. The maximum Gasteiger partial charge on any atom is 0.481 e. The Morgan fingerprint density at radius 3 is 1.24 bits per heavy atom. The molecule has 54 heteroatoms. The number of fused-ring (bicyclic) bond motifs is 2. The monoisotopic (exact) mass is 1760 g/mol. The fourth-order valence-electron chi connectivity index (χ4n) is 12.9. The van der Waals surface area contributed by atoms with Crippen molar-refractivity contribution in [2.45, 2.75) is 179 Å². The number of nitrogen functional groups attached to an aromatic ring is 2. The lowest BCUT2D eigenvalue weighted by Gasteiger charge is -2.30. The van der Waals surface area contributed by atoms with Gasteiger partial charge in [0.05, 0.1) is 39.1 Å². The normalized spacial score (nSPS) is 23.3. The number of imidazole rings is 2. The van der Waals surface area contributed by atoms with Crippen molar-refractivity contribution >= 4 is 116 Å². The van der Waals surface area contributed by atoms with Crippen LogP contribution in [-0.2, 0) is 114 Å². The van der Waals surface area contributed by atoms with Gasteiger partial charge in [-0.15, -0.1) is 0 Å². The number of aromatic nitrogens is 8. The van der Waals surface area contributed by atoms with Crippen LogP contribution in [0.5, 0.6) is 0 Å². The molecular formula is C62H94N14O34P6. The summed E-state index contributed by atoms with van der Waals surface area (Å²) in [5.41, 5.74) is 9.49. The number of aliphatic hydroxyl groups is 4. The average molecular weight is 1770 g/mol. The van der Waals surface area contributed by atoms with Gasteiger partial charge in [0.25, 0.3) is 0 Å². The average Bonchev–Trinajstić information content (AvgIpc) is 1.62. The van der Waals surface area contributed by atoms with E-state index in [0.29, 0.717) is 51.4 Å². The first-order chi connectivity index (χ1) is 54.0. The van der Waals surface area contributed by atoms with Crippen molar-refractivity contribution in [3.05, 3.63) is 60.7 Å². The molecule has 5 aromatic rings. The van der Waals surface area contributed by atoms with E-state index in [0.717, 1.165) is 58.4 Å². The smallest absolute Gasteiger partial charge is 0.386 e. The first kappa shape index (κ1) is 93.5. The SMILES string of the molecule is CC(C)(COP(=O)(O)OP(=O)(O)OCC1OC(n2cnc3c(N)ncnc32)C(O)C1OP(=O)(O)O)C(O)C(=O)NCCC(=O)NCCC(=O)C1(CCCc2cccc(CCCC3(C(=O)CCNC(=O)CCNC(=O)C(O)C(C)(C)COP(=O)(O)OP(=O)(O)OCC4OC(n5cnc6c(N)ncnc65)C(O)C4OP(=O)(O)O)CC3)c2)CC1. The highest BCUT2D eigenvalue weighted by Gasteiger charge is 2.54. The summed E-state index contributed by atoms with van der Waals surface area (Å²) >= 11 is 0. The van der Waals surface area contributed by atoms with Crippen LogP contribution < -0.4 is 32.7 Å². The summed E-state index contributed by atoms with van der Waals surface area (Å²) in [6.07, 6.45) is -7.50. The number of phosphoric acid groups is 6. The summed E-state index contributed by atoms with van der Waals surface area (Å²) in [6.45, 7) is 0.165. The van der Waals surface area contributed by atoms with Crippen molar-refractivity contribution in [3.8, 4) is 0 Å². The molecule has 2 aliphatic carbocycles. The molecule has 4 aliphatic rings. The fourth-order valence-corrected chi connectivity index (χ4v) is 18.5. The minimum Gasteiger partial charge on any atom is -0.386 e. The summed E-state index contributed by atoms with van der Waals surface area (Å²) in [5.74, 6) is -3.23. The zero-order valence-electron chi connectivity index (χ0n) is 62.7. The molecule has 20 N–H and O–H groups in total. The van der Waals surface area contributed by atoms with Crippen molar-refractivity contribution in [2.75, 3.05) is 64.1 Å². The Kier molecular flexibility index (Phi) is 30.8. The number of benzene rings is 1. The Balaban J connectivity index is 0.598. The number of rotatable bonds is 48. The van der Waals surface area contributed by atoms with Crippen LogP contribution >= 0.6 is 46.9 Å². The van der Waals surface area contributed by atoms with E-state index in [4.69, 9.17) is 39.0 Å². The lowest BCUT2D eigenvalue weighted by molar-refractivity contribution is -0.137. The Labute approximate surface area is 660 Å². The van der Waals surface area contributed by atoms with Gasteiger partial charge in [0.1, 0.15) is 84.1 Å². The molecule has 2 saturated heterocycles. The molecule has 0 radical (unpaired) electrons. The molecule has 0 spiro atoms. The number of aliphatic hydroxyl groups excluding tert-OH is 4. The Bertz CT molecular complexity index is 4390. The molecule has 0 bridgehead atoms. The largest absolute Gasteiger partial charge is 0.481 e. The zero-order chi connectivity index (χ0) is 85.4. The number of hydrogen-bond donors (Lipinski definition) is 18. The second-order valence-electron chi connectivity index (χ2n) is 29.6. The maximum atomic E-state index is 13.4. The molecule has 2 aliphatic heterocycles. The number of ketones is 2. The number of ether oxygens (including phenoxy) is 2. The molecule has 14 unspecified atom stereocenters. The van der Waals surface area contributed by atoms with Gasteiger partial charge in [-0.2, -0.15) is 8.62 Å². The zero-order valence-corrected chi connectivity index (χ0v) is 68.1. The van der Waals surface area contributed by atoms with Gasteiger partial charge in [0.2, 0.25) is 23.6 Å². The van der Waals surface area contributed by atoms with Crippen LogP contribution in [-0.4, -0.2) is 235 Å². The molecule has 4 fully saturated rings. The second-order valence-corrected chi connectivity index (χ2v) is 38.0. The second kappa shape index (κ2) is 38.2. The standard InChI is InChI=1S/C62H94N14O34P6/c1-59(2,29-103-115(97,98)109-113(93,94)101-27-37-47(107-111(87,88)89)45(81)57(105-37)75-33-73-43-51(63)69-31-71-53(43)75)49(83)55(85)67-24-14-41(79)65-22-12-39(77)61(18-19-61)16-6-10-35-8-5-9-36(26-35)11-7-17-62(20-21-62)40(78)13-23-66-42(80)15-25-68-56(86)50(84)60(3,4)30-104-116(99,100)110-114(95,96)102-28-38-48(108-112(90,91)92)46(82)58(106-38)76-34-74-44-52(64)70-32-72-54(44)76/h5,8-9,26,31-34,37-38,45-50,57-58,81-84H,6-7,10-25,27-30H2,1-4H3,(H,65,79)(H,66,80)(H,67,85)(H,68,86)(H,93,94)(H,95,96)(H,97,98)(H,99,100)(H2,63,69,71)(H2,64,70,72)(H2,87,88,89)(H2,90,91,92). The topological polar surface area (TPSA) is 727 Å². The quantitative estimate of drug-likeness (QED) is 0.0238. The number of amides is 4. The summed E-state index contributed by atoms with van der Waals surface area (Å²) in [5, 5.41) is 53.7. The number of phosphoric ester groups is 6. The van der Waals surface area contributed by atoms with E-state index in [9.17, 15) is 116 Å². The van der Waals surface area contributed by atoms with Gasteiger partial charge < -0.3 is 102 Å². The van der Waals surface area contributed by atoms with E-state index < -0.39 is 180 Å². The molecule has 48 nitrogen and oxygen atoms in total. The maximum absolute atomic E-state index is 13.4. The Morgan fingerprint density at radius 1 is 0.534 bits per heavy atom. The van der Waals surface area contributed by atoms with Crippen molar-refractivity contribution in [1.82, 2.24) is 60.3 Å². The third kappa shape index (κ3) is 25.8. The lowest BCUT2D eigenvalue weighted by atomic mass is 9.87. The number of nitrogens with two attached hydrogens (primary N) is 2. The number of anilines is 2. The predicted octanol–water partition coefficient (Wildman–Crippen LogP) is 0.648. The summed E-state index contributed by atoms with van der Waals surface area (Å²) in [6, 6.07) is 8.06. The predicted molar refractivity (Wildman–Crippen MR) is 394 cm³/mol. The number of carbonyl (C=O) groups is 6. The van der Waals surface area contributed by atoms with E-state index in [-0.39, 0.29) is 97.4 Å². The van der Waals surface area contributed by atoms with Crippen molar-refractivity contribution in [2.24, 2.45) is 21.7 Å². The Hall–Kier alpha value is -6.36. The fraction of sp³-hybridized carbons (Fsp3) is 0.645. The number of hydrogen-bond acceptors (Lipinski definition) is 34. The van der Waals surface area contributed by atoms with E-state index in [1.54, 1.807) is 0 Å². The van der Waals surface area contributed by atoms with Gasteiger partial charge in [0, 0.05) is 73.5 Å². The summed E-state index contributed by atoms with van der Waals surface area (Å²) in [4.78, 5) is 181. The van der Waals surface area contributed by atoms with Crippen molar-refractivity contribution in [3.63, 3.8) is 0 Å². The van der Waals surface area contributed by atoms with Crippen LogP contribution in [0.15, 0.2) is 49.6 Å². The molecule has 14 atom stereocenters. The molecule has 116 heavy (non-hydrogen) atoms. The van der Waals surface area contributed by atoms with Crippen LogP contribution in [0.3, 0.4) is 0 Å². The third-order valence-electron chi connectivity index (χ3n) is 19.6. The summed E-state index contributed by atoms with van der Waals surface area (Å²) in [7, 11) is -33.2.